The maximum atomic E-state index is 11.6. The van der Waals surface area contributed by atoms with Gasteiger partial charge in [-0.3, -0.25) is 38.7 Å². The molecule has 6 N–H and O–H groups in total. The average molecular weight is 877 g/mol. The van der Waals surface area contributed by atoms with E-state index in [1.165, 1.54) is 9.80 Å². The molecule has 1 unspecified atom stereocenters. The Morgan fingerprint density at radius 2 is 1.11 bits per heavy atom. The van der Waals surface area contributed by atoms with Gasteiger partial charge in [0.15, 0.2) is 0 Å². The monoisotopic (exact) mass is 877 g/mol. The third-order valence-corrected chi connectivity index (χ3v) is 8.10. The quantitative estimate of drug-likeness (QED) is 0.111. The van der Waals surface area contributed by atoms with Crippen LogP contribution in [0.4, 0.5) is 0 Å². The molecule has 1 atom stereocenters. The lowest BCUT2D eigenvalue weighted by molar-refractivity contribution is -0.144. The Morgan fingerprint density at radius 3 is 1.55 bits per heavy atom. The van der Waals surface area contributed by atoms with Crippen molar-refractivity contribution in [1.82, 2.24) is 14.7 Å². The van der Waals surface area contributed by atoms with E-state index in [2.05, 4.69) is 0 Å². The lowest BCUT2D eigenvalue weighted by Gasteiger charge is -2.34. The summed E-state index contributed by atoms with van der Waals surface area (Å²) >= 11 is 5.92. The van der Waals surface area contributed by atoms with Crippen LogP contribution in [0.1, 0.15) is 5.56 Å². The van der Waals surface area contributed by atoms with Crippen LogP contribution in [0.2, 0.25) is 0 Å². The van der Waals surface area contributed by atoms with E-state index in [-0.39, 0.29) is 31.8 Å². The van der Waals surface area contributed by atoms with Crippen molar-refractivity contribution in [1.29, 1.82) is 0 Å². The SMILES string of the molecule is O=C(O)CN(CCN(CC(=O)O)CC(Cc1c(I)cc(I)c(O)c1I)N(CC(=O)O)CC(=O)O)CC(=O)O. The maximum absolute atomic E-state index is 11.6. The lowest BCUT2D eigenvalue weighted by atomic mass is 10.0. The fourth-order valence-corrected chi connectivity index (χ4v) is 7.43. The van der Waals surface area contributed by atoms with Crippen molar-refractivity contribution in [2.75, 3.05) is 52.4 Å². The number of phenolic OH excluding ortho intramolecular Hbond substituents is 1. The number of phenols is 1. The van der Waals surface area contributed by atoms with E-state index in [4.69, 9.17) is 10.2 Å². The van der Waals surface area contributed by atoms with Gasteiger partial charge < -0.3 is 30.6 Å². The van der Waals surface area contributed by atoms with E-state index >= 15 is 0 Å². The molecule has 0 amide bonds. The van der Waals surface area contributed by atoms with Gasteiger partial charge in [0.05, 0.1) is 39.9 Å². The largest absolute Gasteiger partial charge is 0.506 e. The smallest absolute Gasteiger partial charge is 0.317 e. The molecule has 0 saturated carbocycles. The Labute approximate surface area is 258 Å². The minimum Gasteiger partial charge on any atom is -0.506 e. The second-order valence-corrected chi connectivity index (χ2v) is 11.6. The summed E-state index contributed by atoms with van der Waals surface area (Å²) in [5, 5.41) is 56.9. The van der Waals surface area contributed by atoms with Crippen molar-refractivity contribution in [2.24, 2.45) is 0 Å². The Bertz CT molecular complexity index is 1020. The summed E-state index contributed by atoms with van der Waals surface area (Å²) in [6.07, 6.45) is 0.0612. The van der Waals surface area contributed by atoms with Crippen LogP contribution < -0.4 is 0 Å². The zero-order valence-electron chi connectivity index (χ0n) is 19.7. The van der Waals surface area contributed by atoms with Crippen molar-refractivity contribution in [3.05, 3.63) is 22.3 Å². The number of carboxylic acids is 5. The van der Waals surface area contributed by atoms with Gasteiger partial charge in [-0.05, 0) is 85.8 Å². The standard InChI is InChI=1S/C21H26I3N3O11/c22-13-4-14(23)21(38)20(24)12(13)3-11(27(9-18(34)35)10-19(36)37)5-25(6-15(28)29)1-2-26(7-16(30)31)8-17(32)33/h4,11,38H,1-3,5-10H2,(H,28,29)(H,30,31)(H,32,33)(H,34,35)(H,36,37). The highest BCUT2D eigenvalue weighted by Crippen LogP contribution is 2.33. The molecule has 17 heteroatoms. The second kappa shape index (κ2) is 16.5. The summed E-state index contributed by atoms with van der Waals surface area (Å²) in [4.78, 5) is 60.6. The summed E-state index contributed by atoms with van der Waals surface area (Å²) in [6, 6.07) is 0.851. The molecule has 0 aliphatic heterocycles. The van der Waals surface area contributed by atoms with Crippen LogP contribution >= 0.6 is 67.8 Å². The number of aliphatic carboxylic acids is 5. The number of aromatic hydroxyl groups is 1. The molecule has 0 heterocycles. The highest BCUT2D eigenvalue weighted by atomic mass is 127. The van der Waals surface area contributed by atoms with Gasteiger partial charge in [0.25, 0.3) is 0 Å². The van der Waals surface area contributed by atoms with Crippen LogP contribution in [0, 0.1) is 10.7 Å². The van der Waals surface area contributed by atoms with Gasteiger partial charge in [-0.1, -0.05) is 0 Å². The van der Waals surface area contributed by atoms with E-state index in [0.717, 1.165) is 8.47 Å². The Kier molecular flexibility index (Phi) is 15.0. The number of halogens is 3. The fourth-order valence-electron chi connectivity index (χ4n) is 3.62. The van der Waals surface area contributed by atoms with Crippen LogP contribution in [-0.4, -0.2) is 134 Å². The first-order chi connectivity index (χ1) is 17.6. The number of hydrogen-bond donors (Lipinski definition) is 6. The normalized spacial score (nSPS) is 12.2. The van der Waals surface area contributed by atoms with Gasteiger partial charge >= 0.3 is 29.8 Å². The molecule has 0 aliphatic rings. The predicted octanol–water partition coefficient (Wildman–Crippen LogP) is 0.446. The summed E-state index contributed by atoms with van der Waals surface area (Å²) in [5.74, 6) is -6.39. The molecule has 0 aromatic heterocycles. The molecular weight excluding hydrogens is 851 g/mol. The van der Waals surface area contributed by atoms with Gasteiger partial charge in [0.1, 0.15) is 5.75 Å². The highest BCUT2D eigenvalue weighted by molar-refractivity contribution is 14.1. The van der Waals surface area contributed by atoms with Crippen molar-refractivity contribution >= 4 is 97.6 Å². The topological polar surface area (TPSA) is 216 Å². The van der Waals surface area contributed by atoms with Gasteiger partial charge in [-0.25, -0.2) is 0 Å². The molecule has 0 radical (unpaired) electrons. The van der Waals surface area contributed by atoms with Gasteiger partial charge in [0.2, 0.25) is 0 Å². The van der Waals surface area contributed by atoms with Crippen molar-refractivity contribution in [3.8, 4) is 5.75 Å². The van der Waals surface area contributed by atoms with Crippen LogP contribution in [0.15, 0.2) is 6.07 Å². The predicted molar refractivity (Wildman–Crippen MR) is 156 cm³/mol. The first-order valence-corrected chi connectivity index (χ1v) is 14.0. The third kappa shape index (κ3) is 12.5. The molecule has 14 nitrogen and oxygen atoms in total. The number of benzene rings is 1. The number of rotatable bonds is 18. The van der Waals surface area contributed by atoms with E-state index in [0.29, 0.717) is 12.7 Å². The van der Waals surface area contributed by atoms with Crippen LogP contribution in [0.5, 0.6) is 5.75 Å². The molecule has 0 bridgehead atoms. The van der Waals surface area contributed by atoms with Gasteiger partial charge in [-0.2, -0.15) is 0 Å². The number of hydrogen-bond acceptors (Lipinski definition) is 9. The van der Waals surface area contributed by atoms with E-state index in [1.54, 1.807) is 6.07 Å². The lowest BCUT2D eigenvalue weighted by Crippen LogP contribution is -2.51. The molecule has 0 saturated heterocycles. The first kappa shape index (κ1) is 34.5. The van der Waals surface area contributed by atoms with Crippen molar-refractivity contribution in [2.45, 2.75) is 12.5 Å². The second-order valence-electron chi connectivity index (χ2n) is 8.16. The molecular formula is C21H26I3N3O11. The summed E-state index contributed by atoms with van der Waals surface area (Å²) in [5.41, 5.74) is 0.614. The maximum Gasteiger partial charge on any atom is 0.317 e. The Morgan fingerprint density at radius 1 is 0.684 bits per heavy atom. The summed E-state index contributed by atoms with van der Waals surface area (Å²) < 4.78 is 1.78. The first-order valence-electron chi connectivity index (χ1n) is 10.7. The average Bonchev–Trinajstić information content (AvgIpc) is 2.75. The molecule has 0 aliphatic carbocycles. The molecule has 0 fully saturated rings. The minimum absolute atomic E-state index is 0.00348. The van der Waals surface area contributed by atoms with Crippen LogP contribution in [0.3, 0.4) is 0 Å². The van der Waals surface area contributed by atoms with Gasteiger partial charge in [-0.15, -0.1) is 0 Å². The van der Waals surface area contributed by atoms with E-state index < -0.39 is 68.6 Å². The summed E-state index contributed by atoms with van der Waals surface area (Å²) in [7, 11) is 0. The fraction of sp³-hybridized carbons (Fsp3) is 0.476. The number of carboxylic acid groups (broad SMARTS) is 5. The molecule has 1 aromatic rings. The zero-order valence-corrected chi connectivity index (χ0v) is 26.2. The zero-order chi connectivity index (χ0) is 29.2. The number of nitrogens with zero attached hydrogens (tertiary/aromatic N) is 3. The van der Waals surface area contributed by atoms with Crippen LogP contribution in [0.25, 0.3) is 0 Å². The highest BCUT2D eigenvalue weighted by Gasteiger charge is 2.29. The van der Waals surface area contributed by atoms with E-state index in [9.17, 15) is 44.4 Å². The van der Waals surface area contributed by atoms with Crippen molar-refractivity contribution < 1.29 is 54.6 Å². The summed E-state index contributed by atoms with van der Waals surface area (Å²) in [6.45, 7) is -3.43. The molecule has 38 heavy (non-hydrogen) atoms. The Hall–Kier alpha value is -1.56. The molecule has 212 valence electrons. The number of carbonyl (C=O) groups is 5. The molecule has 1 aromatic carbocycles. The van der Waals surface area contributed by atoms with Crippen molar-refractivity contribution in [3.63, 3.8) is 0 Å². The third-order valence-electron chi connectivity index (χ3n) is 5.15. The minimum atomic E-state index is -1.30. The Balaban J connectivity index is 3.40. The van der Waals surface area contributed by atoms with Crippen LogP contribution in [-0.2, 0) is 30.4 Å². The molecule has 1 rings (SSSR count). The van der Waals surface area contributed by atoms with E-state index in [1.807, 2.05) is 67.8 Å². The van der Waals surface area contributed by atoms with Gasteiger partial charge in [0, 0.05) is 29.2 Å². The molecule has 0 spiro atoms.